The summed E-state index contributed by atoms with van der Waals surface area (Å²) in [4.78, 5) is 0. The minimum atomic E-state index is -3.09. The van der Waals surface area contributed by atoms with Crippen molar-refractivity contribution in [2.45, 2.75) is 24.5 Å². The summed E-state index contributed by atoms with van der Waals surface area (Å²) in [5.74, 6) is 0. The summed E-state index contributed by atoms with van der Waals surface area (Å²) in [5, 5.41) is 0. The van der Waals surface area contributed by atoms with Crippen molar-refractivity contribution in [1.29, 1.82) is 0 Å². The van der Waals surface area contributed by atoms with Crippen LogP contribution in [-0.2, 0) is 9.84 Å². The van der Waals surface area contributed by atoms with Gasteiger partial charge in [-0.1, -0.05) is 6.92 Å². The summed E-state index contributed by atoms with van der Waals surface area (Å²) >= 11 is 5.61. The Kier molecular flexibility index (Phi) is 2.53. The van der Waals surface area contributed by atoms with Gasteiger partial charge in [-0.15, -0.1) is 11.6 Å². The van der Waals surface area contributed by atoms with Gasteiger partial charge in [0, 0.05) is 6.26 Å². The van der Waals surface area contributed by atoms with Crippen LogP contribution >= 0.6 is 11.6 Å². The maximum absolute atomic E-state index is 10.8. The molecule has 2 nitrogen and oxygen atoms in total. The highest BCUT2D eigenvalue weighted by Gasteiger charge is 2.30. The molecule has 0 aromatic rings. The van der Waals surface area contributed by atoms with E-state index in [0.717, 1.165) is 6.26 Å². The van der Waals surface area contributed by atoms with Gasteiger partial charge in [0.2, 0.25) is 0 Å². The molecule has 1 atom stereocenters. The molecule has 0 bridgehead atoms. The Morgan fingerprint density at radius 3 is 1.89 bits per heavy atom. The van der Waals surface area contributed by atoms with Crippen molar-refractivity contribution in [2.75, 3.05) is 6.26 Å². The number of rotatable bonds is 2. The second kappa shape index (κ2) is 2.46. The molecule has 9 heavy (non-hydrogen) atoms. The van der Waals surface area contributed by atoms with E-state index in [1.165, 1.54) is 6.92 Å². The van der Waals surface area contributed by atoms with Crippen molar-refractivity contribution in [3.05, 3.63) is 0 Å². The zero-order valence-corrected chi connectivity index (χ0v) is 7.38. The van der Waals surface area contributed by atoms with Gasteiger partial charge in [0.25, 0.3) is 0 Å². The lowest BCUT2D eigenvalue weighted by atomic mass is 10.4. The molecule has 0 radical (unpaired) electrons. The molecule has 4 heteroatoms. The smallest absolute Gasteiger partial charge is 0.166 e. The highest BCUT2D eigenvalue weighted by atomic mass is 35.5. The first kappa shape index (κ1) is 9.24. The molecule has 0 spiro atoms. The summed E-state index contributed by atoms with van der Waals surface area (Å²) in [7, 11) is -3.09. The van der Waals surface area contributed by atoms with Crippen molar-refractivity contribution in [1.82, 2.24) is 0 Å². The number of hydrogen-bond acceptors (Lipinski definition) is 2. The van der Waals surface area contributed by atoms with Gasteiger partial charge in [-0.2, -0.15) is 0 Å². The van der Waals surface area contributed by atoms with Gasteiger partial charge in [-0.05, 0) is 13.3 Å². The van der Waals surface area contributed by atoms with E-state index in [0.29, 0.717) is 6.42 Å². The van der Waals surface area contributed by atoms with Crippen LogP contribution in [-0.4, -0.2) is 18.9 Å². The molecule has 0 aliphatic carbocycles. The van der Waals surface area contributed by atoms with Crippen LogP contribution in [0, 0.1) is 0 Å². The SMILES string of the molecule is CCC(C)(Cl)S(C)(=O)=O. The molecule has 0 fully saturated rings. The van der Waals surface area contributed by atoms with Crippen molar-refractivity contribution >= 4 is 21.4 Å². The highest BCUT2D eigenvalue weighted by molar-refractivity contribution is 7.93. The van der Waals surface area contributed by atoms with Gasteiger partial charge >= 0.3 is 0 Å². The van der Waals surface area contributed by atoms with E-state index in [1.807, 2.05) is 0 Å². The fourth-order valence-corrected chi connectivity index (χ4v) is 0.787. The van der Waals surface area contributed by atoms with E-state index in [4.69, 9.17) is 11.6 Å². The van der Waals surface area contributed by atoms with Gasteiger partial charge in [-0.3, -0.25) is 0 Å². The fraction of sp³-hybridized carbons (Fsp3) is 1.00. The number of hydrogen-bond donors (Lipinski definition) is 0. The van der Waals surface area contributed by atoms with Crippen molar-refractivity contribution < 1.29 is 8.42 Å². The van der Waals surface area contributed by atoms with Crippen LogP contribution in [0.4, 0.5) is 0 Å². The lowest BCUT2D eigenvalue weighted by Crippen LogP contribution is -2.26. The van der Waals surface area contributed by atoms with E-state index in [2.05, 4.69) is 0 Å². The average Bonchev–Trinajstić information content (AvgIpc) is 1.64. The van der Waals surface area contributed by atoms with E-state index in [-0.39, 0.29) is 0 Å². The van der Waals surface area contributed by atoms with Crippen LogP contribution < -0.4 is 0 Å². The lowest BCUT2D eigenvalue weighted by Gasteiger charge is -2.16. The zero-order chi connectivity index (χ0) is 7.71. The second-order valence-electron chi connectivity index (χ2n) is 2.23. The third-order valence-corrected chi connectivity index (χ3v) is 4.35. The largest absolute Gasteiger partial charge is 0.227 e. The van der Waals surface area contributed by atoms with Gasteiger partial charge in [0.15, 0.2) is 9.84 Å². The topological polar surface area (TPSA) is 34.1 Å². The van der Waals surface area contributed by atoms with E-state index < -0.39 is 14.0 Å². The Morgan fingerprint density at radius 2 is 1.89 bits per heavy atom. The van der Waals surface area contributed by atoms with Crippen molar-refractivity contribution in [3.63, 3.8) is 0 Å². The Morgan fingerprint density at radius 1 is 1.56 bits per heavy atom. The van der Waals surface area contributed by atoms with E-state index >= 15 is 0 Å². The number of alkyl halides is 1. The maximum Gasteiger partial charge on any atom is 0.166 e. The van der Waals surface area contributed by atoms with Gasteiger partial charge in [-0.25, -0.2) is 8.42 Å². The lowest BCUT2D eigenvalue weighted by molar-refractivity contribution is 0.577. The summed E-state index contributed by atoms with van der Waals surface area (Å²) < 4.78 is 20.4. The molecule has 0 aromatic heterocycles. The third-order valence-electron chi connectivity index (χ3n) is 1.40. The molecule has 0 aliphatic heterocycles. The Bertz CT molecular complexity index is 181. The van der Waals surface area contributed by atoms with E-state index in [1.54, 1.807) is 6.92 Å². The van der Waals surface area contributed by atoms with Crippen LogP contribution in [0.15, 0.2) is 0 Å². The molecular weight excluding hydrogens is 160 g/mol. The first-order valence-corrected chi connectivity index (χ1v) is 4.96. The predicted octanol–water partition coefficient (Wildman–Crippen LogP) is 1.40. The van der Waals surface area contributed by atoms with Gasteiger partial charge in [0.05, 0.1) is 0 Å². The van der Waals surface area contributed by atoms with Gasteiger partial charge in [0.1, 0.15) is 4.21 Å². The molecule has 0 aromatic carbocycles. The Hall–Kier alpha value is 0.240. The molecule has 0 N–H and O–H groups in total. The van der Waals surface area contributed by atoms with Crippen LogP contribution in [0.25, 0.3) is 0 Å². The highest BCUT2D eigenvalue weighted by Crippen LogP contribution is 2.24. The average molecular weight is 171 g/mol. The van der Waals surface area contributed by atoms with Crippen molar-refractivity contribution in [2.24, 2.45) is 0 Å². The monoisotopic (exact) mass is 170 g/mol. The van der Waals surface area contributed by atoms with Crippen LogP contribution in [0.1, 0.15) is 20.3 Å². The van der Waals surface area contributed by atoms with Crippen molar-refractivity contribution in [3.8, 4) is 0 Å². The molecule has 0 aliphatic rings. The normalized spacial score (nSPS) is 19.1. The predicted molar refractivity (Wildman–Crippen MR) is 39.4 cm³/mol. The van der Waals surface area contributed by atoms with Crippen LogP contribution in [0.5, 0.6) is 0 Å². The minimum absolute atomic E-state index is 0.438. The second-order valence-corrected chi connectivity index (χ2v) is 5.73. The number of halogens is 1. The molecule has 0 heterocycles. The first-order valence-electron chi connectivity index (χ1n) is 2.70. The molecule has 56 valence electrons. The Balaban J connectivity index is 4.56. The molecule has 0 amide bonds. The Labute approximate surface area is 61.1 Å². The van der Waals surface area contributed by atoms with Crippen LogP contribution in [0.2, 0.25) is 0 Å². The molecule has 0 rings (SSSR count). The molecule has 0 saturated carbocycles. The maximum atomic E-state index is 10.8. The van der Waals surface area contributed by atoms with E-state index in [9.17, 15) is 8.42 Å². The third kappa shape index (κ3) is 2.14. The van der Waals surface area contributed by atoms with Crippen LogP contribution in [0.3, 0.4) is 0 Å². The van der Waals surface area contributed by atoms with Gasteiger partial charge < -0.3 is 0 Å². The minimum Gasteiger partial charge on any atom is -0.227 e. The quantitative estimate of drug-likeness (QED) is 0.587. The standard InChI is InChI=1S/C5H11ClO2S/c1-4-5(2,6)9(3,7)8/h4H2,1-3H3. The molecule has 0 saturated heterocycles. The zero-order valence-electron chi connectivity index (χ0n) is 5.81. The number of sulfone groups is 1. The fourth-order valence-electron chi connectivity index (χ4n) is 0.262. The summed E-state index contributed by atoms with van der Waals surface area (Å²) in [6, 6.07) is 0. The first-order chi connectivity index (χ1) is 3.81. The summed E-state index contributed by atoms with van der Waals surface area (Å²) in [6.07, 6.45) is 1.58. The summed E-state index contributed by atoms with van der Waals surface area (Å²) in [6.45, 7) is 3.25. The summed E-state index contributed by atoms with van der Waals surface area (Å²) in [5.41, 5.74) is 0. The molecule has 1 unspecified atom stereocenters. The molecular formula is C5H11ClO2S.